The van der Waals surface area contributed by atoms with Crippen molar-refractivity contribution < 1.29 is 22.7 Å². The van der Waals surface area contributed by atoms with Gasteiger partial charge in [0, 0.05) is 24.7 Å². The zero-order chi connectivity index (χ0) is 24.3. The molecule has 34 heavy (non-hydrogen) atoms. The van der Waals surface area contributed by atoms with Gasteiger partial charge in [0.25, 0.3) is 0 Å². The van der Waals surface area contributed by atoms with E-state index in [0.29, 0.717) is 29.3 Å². The molecule has 1 atom stereocenters. The highest BCUT2D eigenvalue weighted by atomic mass is 32.2. The number of aromatic nitrogens is 2. The van der Waals surface area contributed by atoms with E-state index < -0.39 is 22.0 Å². The van der Waals surface area contributed by atoms with Crippen molar-refractivity contribution >= 4 is 44.0 Å². The molecule has 3 aromatic rings. The maximum atomic E-state index is 13.2. The Balaban J connectivity index is 1.48. The average Bonchev–Trinajstić information content (AvgIpc) is 3.49. The van der Waals surface area contributed by atoms with Gasteiger partial charge in [0.05, 0.1) is 12.0 Å². The summed E-state index contributed by atoms with van der Waals surface area (Å²) in [7, 11) is -2.33. The van der Waals surface area contributed by atoms with Crippen LogP contribution in [-0.4, -0.2) is 54.4 Å². The van der Waals surface area contributed by atoms with Crippen molar-refractivity contribution in [3.05, 3.63) is 48.5 Å². The van der Waals surface area contributed by atoms with Gasteiger partial charge >= 0.3 is 0 Å². The largest absolute Gasteiger partial charge is 0.497 e. The molecule has 2 heterocycles. The Morgan fingerprint density at radius 2 is 1.88 bits per heavy atom. The zero-order valence-corrected chi connectivity index (χ0v) is 20.1. The summed E-state index contributed by atoms with van der Waals surface area (Å²) in [6.07, 6.45) is 0.961. The summed E-state index contributed by atoms with van der Waals surface area (Å²) in [6, 6.07) is 12.3. The molecule has 1 unspecified atom stereocenters. The molecule has 0 aliphatic carbocycles. The molecule has 2 amide bonds. The molecular weight excluding hydrogens is 478 g/mol. The van der Waals surface area contributed by atoms with Gasteiger partial charge in [-0.2, -0.15) is 4.31 Å². The third-order valence-electron chi connectivity index (χ3n) is 5.26. The number of carbonyl (C=O) groups excluding carboxylic acids is 2. The van der Waals surface area contributed by atoms with Crippen LogP contribution in [0.15, 0.2) is 53.4 Å². The minimum atomic E-state index is -3.90. The van der Waals surface area contributed by atoms with Gasteiger partial charge in [0.1, 0.15) is 16.8 Å². The molecule has 1 saturated heterocycles. The maximum Gasteiger partial charge on any atom is 0.244 e. The lowest BCUT2D eigenvalue weighted by Gasteiger charge is -2.23. The minimum Gasteiger partial charge on any atom is -0.497 e. The van der Waals surface area contributed by atoms with Gasteiger partial charge in [-0.3, -0.25) is 14.9 Å². The first-order chi connectivity index (χ1) is 16.3. The van der Waals surface area contributed by atoms with Crippen molar-refractivity contribution in [1.82, 2.24) is 14.5 Å². The molecule has 12 heteroatoms. The van der Waals surface area contributed by atoms with Gasteiger partial charge in [0.2, 0.25) is 27.0 Å². The third-order valence-corrected chi connectivity index (χ3v) is 8.07. The molecule has 0 saturated carbocycles. The van der Waals surface area contributed by atoms with Crippen LogP contribution in [0.4, 0.5) is 10.8 Å². The average molecular weight is 502 g/mol. The smallest absolute Gasteiger partial charge is 0.244 e. The fourth-order valence-corrected chi connectivity index (χ4v) is 6.07. The number of sulfonamides is 1. The number of benzene rings is 2. The fourth-order valence-electron chi connectivity index (χ4n) is 3.67. The van der Waals surface area contributed by atoms with E-state index >= 15 is 0 Å². The molecule has 1 aliphatic heterocycles. The minimum absolute atomic E-state index is 0.0533. The molecule has 2 N–H and O–H groups in total. The Morgan fingerprint density at radius 3 is 2.59 bits per heavy atom. The number of rotatable bonds is 7. The number of carbonyl (C=O) groups is 2. The third kappa shape index (κ3) is 5.08. The second-order valence-electron chi connectivity index (χ2n) is 7.61. The second-order valence-corrected chi connectivity index (χ2v) is 10.5. The molecule has 1 aromatic heterocycles. The van der Waals surface area contributed by atoms with Crippen molar-refractivity contribution in [2.24, 2.45) is 0 Å². The summed E-state index contributed by atoms with van der Waals surface area (Å²) in [5.74, 6) is -0.0300. The summed E-state index contributed by atoms with van der Waals surface area (Å²) < 4.78 is 32.8. The van der Waals surface area contributed by atoms with Crippen LogP contribution in [0.25, 0.3) is 10.6 Å². The molecule has 178 valence electrons. The highest BCUT2D eigenvalue weighted by molar-refractivity contribution is 7.89. The van der Waals surface area contributed by atoms with Crippen molar-refractivity contribution in [2.75, 3.05) is 24.3 Å². The molecule has 0 spiro atoms. The van der Waals surface area contributed by atoms with E-state index in [1.807, 2.05) is 24.3 Å². The Hall–Kier alpha value is -3.35. The Labute approximate surface area is 201 Å². The number of nitrogens with one attached hydrogen (secondary N) is 2. The normalized spacial score (nSPS) is 16.2. The monoisotopic (exact) mass is 501 g/mol. The Bertz CT molecular complexity index is 1310. The van der Waals surface area contributed by atoms with Crippen LogP contribution in [0.1, 0.15) is 19.8 Å². The van der Waals surface area contributed by atoms with E-state index in [0.717, 1.165) is 5.56 Å². The predicted molar refractivity (Wildman–Crippen MR) is 128 cm³/mol. The van der Waals surface area contributed by atoms with Gasteiger partial charge in [0.15, 0.2) is 0 Å². The van der Waals surface area contributed by atoms with Crippen LogP contribution in [0.2, 0.25) is 0 Å². The van der Waals surface area contributed by atoms with E-state index in [9.17, 15) is 18.0 Å². The summed E-state index contributed by atoms with van der Waals surface area (Å²) in [4.78, 5) is 24.2. The highest BCUT2D eigenvalue weighted by Gasteiger charge is 2.39. The van der Waals surface area contributed by atoms with Crippen LogP contribution in [0, 0.1) is 0 Å². The van der Waals surface area contributed by atoms with E-state index in [4.69, 9.17) is 4.74 Å². The summed E-state index contributed by atoms with van der Waals surface area (Å²) >= 11 is 1.19. The summed E-state index contributed by atoms with van der Waals surface area (Å²) in [6.45, 7) is 1.61. The van der Waals surface area contributed by atoms with E-state index in [1.165, 1.54) is 46.8 Å². The molecule has 0 bridgehead atoms. The lowest BCUT2D eigenvalue weighted by molar-refractivity contribution is -0.119. The van der Waals surface area contributed by atoms with Crippen molar-refractivity contribution in [1.29, 1.82) is 0 Å². The Kier molecular flexibility index (Phi) is 6.91. The molecular formula is C22H23N5O5S2. The number of anilines is 2. The van der Waals surface area contributed by atoms with Gasteiger partial charge in [-0.1, -0.05) is 23.5 Å². The fraction of sp³-hybridized carbons (Fsp3) is 0.273. The summed E-state index contributed by atoms with van der Waals surface area (Å²) in [5, 5.41) is 14.3. The SMILES string of the molecule is COc1cccc(-c2nnc(NC(=O)C3CCCN3S(=O)(=O)c3ccc(NC(C)=O)cc3)s2)c1. The number of nitrogens with zero attached hydrogens (tertiary/aromatic N) is 3. The molecule has 4 rings (SSSR count). The van der Waals surface area contributed by atoms with Crippen LogP contribution in [0.3, 0.4) is 0 Å². The lowest BCUT2D eigenvalue weighted by atomic mass is 10.2. The summed E-state index contributed by atoms with van der Waals surface area (Å²) in [5.41, 5.74) is 1.29. The number of methoxy groups -OCH3 is 1. The predicted octanol–water partition coefficient (Wildman–Crippen LogP) is 2.96. The first kappa shape index (κ1) is 23.8. The van der Waals surface area contributed by atoms with E-state index in [-0.39, 0.29) is 22.5 Å². The first-order valence-electron chi connectivity index (χ1n) is 10.5. The van der Waals surface area contributed by atoms with Gasteiger partial charge < -0.3 is 10.1 Å². The molecule has 1 aliphatic rings. The second kappa shape index (κ2) is 9.87. The van der Waals surface area contributed by atoms with Crippen molar-refractivity contribution in [2.45, 2.75) is 30.7 Å². The molecule has 1 fully saturated rings. The van der Waals surface area contributed by atoms with Crippen molar-refractivity contribution in [3.8, 4) is 16.3 Å². The van der Waals surface area contributed by atoms with Crippen LogP contribution < -0.4 is 15.4 Å². The quantitative estimate of drug-likeness (QED) is 0.509. The number of hydrogen-bond donors (Lipinski definition) is 2. The first-order valence-corrected chi connectivity index (χ1v) is 12.7. The topological polar surface area (TPSA) is 131 Å². The number of amides is 2. The standard InChI is InChI=1S/C22H23N5O5S2/c1-14(28)23-16-8-10-18(11-9-16)34(30,31)27-12-4-7-19(27)20(29)24-22-26-25-21(33-22)15-5-3-6-17(13-15)32-2/h3,5-6,8-11,13,19H,4,7,12H2,1-2H3,(H,23,28)(H,24,26,29). The molecule has 0 radical (unpaired) electrons. The van der Waals surface area contributed by atoms with Crippen LogP contribution >= 0.6 is 11.3 Å². The van der Waals surface area contributed by atoms with Crippen LogP contribution in [-0.2, 0) is 19.6 Å². The lowest BCUT2D eigenvalue weighted by Crippen LogP contribution is -2.43. The molecule has 10 nitrogen and oxygen atoms in total. The maximum absolute atomic E-state index is 13.2. The molecule has 2 aromatic carbocycles. The zero-order valence-electron chi connectivity index (χ0n) is 18.5. The number of hydrogen-bond acceptors (Lipinski definition) is 8. The van der Waals surface area contributed by atoms with E-state index in [2.05, 4.69) is 20.8 Å². The van der Waals surface area contributed by atoms with E-state index in [1.54, 1.807) is 7.11 Å². The van der Waals surface area contributed by atoms with Gasteiger partial charge in [-0.05, 0) is 49.2 Å². The van der Waals surface area contributed by atoms with Crippen LogP contribution in [0.5, 0.6) is 5.75 Å². The van der Waals surface area contributed by atoms with Gasteiger partial charge in [-0.25, -0.2) is 8.42 Å². The number of ether oxygens (including phenoxy) is 1. The van der Waals surface area contributed by atoms with Crippen molar-refractivity contribution in [3.63, 3.8) is 0 Å². The highest BCUT2D eigenvalue weighted by Crippen LogP contribution is 2.31. The Morgan fingerprint density at radius 1 is 1.12 bits per heavy atom. The van der Waals surface area contributed by atoms with Gasteiger partial charge in [-0.15, -0.1) is 10.2 Å².